The lowest BCUT2D eigenvalue weighted by Crippen LogP contribution is -2.30. The first-order valence-electron chi connectivity index (χ1n) is 5.89. The highest BCUT2D eigenvalue weighted by molar-refractivity contribution is 7.98. The molecule has 6 heteroatoms. The maximum atomic E-state index is 11.4. The molecule has 1 aromatic carbocycles. The summed E-state index contributed by atoms with van der Waals surface area (Å²) < 4.78 is 0. The second-order valence-corrected chi connectivity index (χ2v) is 5.34. The van der Waals surface area contributed by atoms with Gasteiger partial charge in [0.25, 0.3) is 5.69 Å². The number of Topliss-reactive ketones (excluding diaryl/α,β-unsaturated/α-hetero) is 1. The molecule has 0 aromatic heterocycles. The Balaban J connectivity index is 3.15. The van der Waals surface area contributed by atoms with Crippen LogP contribution in [0, 0.1) is 10.1 Å². The minimum Gasteiger partial charge on any atom is -0.371 e. The van der Waals surface area contributed by atoms with Crippen molar-refractivity contribution in [2.24, 2.45) is 0 Å². The molecule has 0 radical (unpaired) electrons. The summed E-state index contributed by atoms with van der Waals surface area (Å²) >= 11 is 1.72. The van der Waals surface area contributed by atoms with Crippen molar-refractivity contribution in [2.75, 3.05) is 24.0 Å². The van der Waals surface area contributed by atoms with Crippen LogP contribution in [0.4, 0.5) is 11.4 Å². The Morgan fingerprint density at radius 3 is 2.63 bits per heavy atom. The lowest BCUT2D eigenvalue weighted by atomic mass is 10.1. The molecule has 0 saturated carbocycles. The van der Waals surface area contributed by atoms with E-state index in [-0.39, 0.29) is 23.1 Å². The number of hydrogen-bond donors (Lipinski definition) is 0. The zero-order valence-electron chi connectivity index (χ0n) is 11.5. The number of nitro groups is 1. The molecule has 0 spiro atoms. The van der Waals surface area contributed by atoms with Crippen LogP contribution >= 0.6 is 11.8 Å². The molecular weight excluding hydrogens is 264 g/mol. The zero-order valence-corrected chi connectivity index (χ0v) is 12.4. The van der Waals surface area contributed by atoms with Crippen LogP contribution in [0.5, 0.6) is 0 Å². The van der Waals surface area contributed by atoms with E-state index in [0.29, 0.717) is 0 Å². The number of nitro benzene ring substituents is 1. The van der Waals surface area contributed by atoms with Gasteiger partial charge in [0.2, 0.25) is 0 Å². The molecule has 0 aliphatic rings. The predicted octanol–water partition coefficient (Wildman–Crippen LogP) is 2.99. The third-order valence-electron chi connectivity index (χ3n) is 3.03. The van der Waals surface area contributed by atoms with Crippen LogP contribution in [0.2, 0.25) is 0 Å². The van der Waals surface area contributed by atoms with Crippen molar-refractivity contribution >= 4 is 28.9 Å². The fourth-order valence-electron chi connectivity index (χ4n) is 1.80. The van der Waals surface area contributed by atoms with Gasteiger partial charge in [-0.05, 0) is 32.2 Å². The molecule has 0 aliphatic heterocycles. The molecule has 19 heavy (non-hydrogen) atoms. The van der Waals surface area contributed by atoms with Gasteiger partial charge in [0.1, 0.15) is 0 Å². The number of benzene rings is 1. The smallest absolute Gasteiger partial charge is 0.282 e. The van der Waals surface area contributed by atoms with Crippen LogP contribution in [0.25, 0.3) is 0 Å². The lowest BCUT2D eigenvalue weighted by Gasteiger charge is -2.26. The number of ketones is 1. The van der Waals surface area contributed by atoms with E-state index in [1.807, 2.05) is 18.2 Å². The molecule has 0 saturated heterocycles. The number of nitrogens with zero attached hydrogens (tertiary/aromatic N) is 2. The summed E-state index contributed by atoms with van der Waals surface area (Å²) in [6.07, 6.45) is 2.02. The monoisotopic (exact) mass is 282 g/mol. The lowest BCUT2D eigenvalue weighted by molar-refractivity contribution is -0.385. The maximum absolute atomic E-state index is 11.4. The summed E-state index contributed by atoms with van der Waals surface area (Å²) in [5.74, 6) is 0.636. The third kappa shape index (κ3) is 3.70. The minimum absolute atomic E-state index is 0.131. The molecule has 1 unspecified atom stereocenters. The van der Waals surface area contributed by atoms with Crippen molar-refractivity contribution in [3.63, 3.8) is 0 Å². The minimum atomic E-state index is -0.507. The molecule has 0 heterocycles. The summed E-state index contributed by atoms with van der Waals surface area (Å²) in [5, 5.41) is 11.0. The van der Waals surface area contributed by atoms with Gasteiger partial charge < -0.3 is 4.90 Å². The van der Waals surface area contributed by atoms with Crippen LogP contribution in [0.1, 0.15) is 24.2 Å². The number of rotatable bonds is 6. The molecular formula is C13H18N2O3S. The Bertz CT molecular complexity index is 491. The SMILES string of the molecule is CSCC(C)N(C)c1ccc(C(C)=O)c([N+](=O)[O-])c1. The van der Waals surface area contributed by atoms with Crippen LogP contribution in [-0.4, -0.2) is 35.8 Å². The molecule has 0 fully saturated rings. The first-order chi connectivity index (χ1) is 8.88. The average Bonchev–Trinajstić information content (AvgIpc) is 2.37. The Labute approximate surface area is 117 Å². The summed E-state index contributed by atoms with van der Waals surface area (Å²) in [4.78, 5) is 23.9. The summed E-state index contributed by atoms with van der Waals surface area (Å²) in [7, 11) is 1.90. The molecule has 5 nitrogen and oxygen atoms in total. The normalized spacial score (nSPS) is 12.0. The topological polar surface area (TPSA) is 63.5 Å². The first kappa shape index (κ1) is 15.5. The van der Waals surface area contributed by atoms with Crippen LogP contribution in [-0.2, 0) is 0 Å². The van der Waals surface area contributed by atoms with E-state index in [2.05, 4.69) is 6.92 Å². The second kappa shape index (κ2) is 6.56. The largest absolute Gasteiger partial charge is 0.371 e. The Morgan fingerprint density at radius 1 is 1.53 bits per heavy atom. The van der Waals surface area contributed by atoms with Gasteiger partial charge in [-0.15, -0.1) is 0 Å². The quantitative estimate of drug-likeness (QED) is 0.456. The van der Waals surface area contributed by atoms with Crippen molar-refractivity contribution < 1.29 is 9.72 Å². The van der Waals surface area contributed by atoms with E-state index < -0.39 is 4.92 Å². The van der Waals surface area contributed by atoms with E-state index in [9.17, 15) is 14.9 Å². The Hall–Kier alpha value is -1.56. The molecule has 0 aliphatic carbocycles. The van der Waals surface area contributed by atoms with E-state index >= 15 is 0 Å². The van der Waals surface area contributed by atoms with Crippen LogP contribution in [0.3, 0.4) is 0 Å². The summed E-state index contributed by atoms with van der Waals surface area (Å²) in [6.45, 7) is 3.39. The predicted molar refractivity (Wildman–Crippen MR) is 79.3 cm³/mol. The molecule has 104 valence electrons. The van der Waals surface area contributed by atoms with Crippen molar-refractivity contribution in [1.82, 2.24) is 0 Å². The summed E-state index contributed by atoms with van der Waals surface area (Å²) in [5.41, 5.74) is 0.770. The van der Waals surface area contributed by atoms with Crippen molar-refractivity contribution in [3.8, 4) is 0 Å². The van der Waals surface area contributed by atoms with Crippen molar-refractivity contribution in [1.29, 1.82) is 0 Å². The Kier molecular flexibility index (Phi) is 5.35. The van der Waals surface area contributed by atoms with Crippen LogP contribution < -0.4 is 4.90 Å². The van der Waals surface area contributed by atoms with Gasteiger partial charge in [-0.3, -0.25) is 14.9 Å². The van der Waals surface area contributed by atoms with Gasteiger partial charge in [-0.1, -0.05) is 0 Å². The van der Waals surface area contributed by atoms with E-state index in [0.717, 1.165) is 11.4 Å². The van der Waals surface area contributed by atoms with Crippen molar-refractivity contribution in [2.45, 2.75) is 19.9 Å². The highest BCUT2D eigenvalue weighted by Crippen LogP contribution is 2.26. The number of carbonyl (C=O) groups is 1. The standard InChI is InChI=1S/C13H18N2O3S/c1-9(8-19-4)14(3)11-5-6-12(10(2)16)13(7-11)15(17)18/h5-7,9H,8H2,1-4H3. The second-order valence-electron chi connectivity index (χ2n) is 4.43. The van der Waals surface area contributed by atoms with Gasteiger partial charge in [-0.25, -0.2) is 0 Å². The van der Waals surface area contributed by atoms with E-state index in [1.54, 1.807) is 17.8 Å². The molecule has 1 atom stereocenters. The average molecular weight is 282 g/mol. The van der Waals surface area contributed by atoms with Gasteiger partial charge in [0.05, 0.1) is 10.5 Å². The highest BCUT2D eigenvalue weighted by Gasteiger charge is 2.20. The van der Waals surface area contributed by atoms with Crippen molar-refractivity contribution in [3.05, 3.63) is 33.9 Å². The van der Waals surface area contributed by atoms with Gasteiger partial charge in [-0.2, -0.15) is 11.8 Å². The third-order valence-corrected chi connectivity index (χ3v) is 3.85. The number of thioether (sulfide) groups is 1. The highest BCUT2D eigenvalue weighted by atomic mass is 32.2. The van der Waals surface area contributed by atoms with E-state index in [4.69, 9.17) is 0 Å². The Morgan fingerprint density at radius 2 is 2.16 bits per heavy atom. The molecule has 0 amide bonds. The van der Waals surface area contributed by atoms with Gasteiger partial charge in [0.15, 0.2) is 5.78 Å². The zero-order chi connectivity index (χ0) is 14.6. The number of carbonyl (C=O) groups excluding carboxylic acids is 1. The molecule has 1 aromatic rings. The van der Waals surface area contributed by atoms with Crippen LogP contribution in [0.15, 0.2) is 18.2 Å². The molecule has 0 bridgehead atoms. The number of anilines is 1. The first-order valence-corrected chi connectivity index (χ1v) is 7.29. The summed E-state index contributed by atoms with van der Waals surface area (Å²) in [6, 6.07) is 5.00. The maximum Gasteiger partial charge on any atom is 0.282 e. The fourth-order valence-corrected chi connectivity index (χ4v) is 2.50. The fraction of sp³-hybridized carbons (Fsp3) is 0.462. The van der Waals surface area contributed by atoms with E-state index in [1.165, 1.54) is 19.1 Å². The van der Waals surface area contributed by atoms with Gasteiger partial charge in [0, 0.05) is 30.6 Å². The number of hydrogen-bond acceptors (Lipinski definition) is 5. The molecule has 1 rings (SSSR count). The molecule has 0 N–H and O–H groups in total. The van der Waals surface area contributed by atoms with Gasteiger partial charge >= 0.3 is 0 Å².